The molecule has 0 saturated heterocycles. The van der Waals surface area contributed by atoms with Crippen LogP contribution in [0.5, 0.6) is 0 Å². The number of nitrogens with zero attached hydrogens (tertiary/aromatic N) is 4. The molecular weight excluding hydrogens is 339 g/mol. The number of carbonyl (C=O) groups is 1. The molecule has 0 aromatic carbocycles. The van der Waals surface area contributed by atoms with Gasteiger partial charge >= 0.3 is 5.97 Å². The van der Waals surface area contributed by atoms with Crippen LogP contribution in [0, 0.1) is 3.70 Å². The first-order valence-electron chi connectivity index (χ1n) is 4.90. The molecule has 0 spiro atoms. The highest BCUT2D eigenvalue weighted by atomic mass is 127. The van der Waals surface area contributed by atoms with Gasteiger partial charge in [-0.05, 0) is 22.6 Å². The summed E-state index contributed by atoms with van der Waals surface area (Å²) in [6.45, 7) is 1.43. The summed E-state index contributed by atoms with van der Waals surface area (Å²) in [7, 11) is 0. The Hall–Kier alpha value is -1.45. The van der Waals surface area contributed by atoms with Crippen LogP contribution in [0.25, 0.3) is 5.52 Å². The Labute approximate surface area is 109 Å². The summed E-state index contributed by atoms with van der Waals surface area (Å²) >= 11 is 2.00. The molecule has 0 amide bonds. The Morgan fingerprint density at radius 3 is 2.82 bits per heavy atom. The third kappa shape index (κ3) is 2.16. The lowest BCUT2D eigenvalue weighted by Crippen LogP contribution is -2.30. The number of aliphatic carboxylic acids is 1. The molecule has 0 radical (unpaired) electrons. The van der Waals surface area contributed by atoms with Crippen molar-refractivity contribution in [1.82, 2.24) is 19.4 Å². The van der Waals surface area contributed by atoms with Gasteiger partial charge in [-0.3, -0.25) is 9.59 Å². The van der Waals surface area contributed by atoms with Crippen molar-refractivity contribution in [2.45, 2.75) is 19.9 Å². The van der Waals surface area contributed by atoms with Gasteiger partial charge in [0.05, 0.1) is 0 Å². The van der Waals surface area contributed by atoms with Crippen molar-refractivity contribution >= 4 is 34.1 Å². The van der Waals surface area contributed by atoms with Crippen LogP contribution in [0.4, 0.5) is 0 Å². The highest BCUT2D eigenvalue weighted by Gasteiger charge is 2.13. The summed E-state index contributed by atoms with van der Waals surface area (Å²) in [4.78, 5) is 22.6. The molecule has 2 rings (SSSR count). The molecule has 0 unspecified atom stereocenters. The molecule has 2 aromatic rings. The summed E-state index contributed by atoms with van der Waals surface area (Å²) in [5.74, 6) is -0.538. The smallest absolute Gasteiger partial charge is 0.325 e. The van der Waals surface area contributed by atoms with Gasteiger partial charge in [0.15, 0.2) is 5.82 Å². The van der Waals surface area contributed by atoms with Crippen LogP contribution in [0.1, 0.15) is 12.7 Å². The summed E-state index contributed by atoms with van der Waals surface area (Å²) < 4.78 is 3.08. The molecule has 8 heteroatoms. The lowest BCUT2D eigenvalue weighted by atomic mass is 10.4. The maximum absolute atomic E-state index is 11.9. The topological polar surface area (TPSA) is 89.5 Å². The summed E-state index contributed by atoms with van der Waals surface area (Å²) in [6.07, 6.45) is 0.564. The van der Waals surface area contributed by atoms with Crippen LogP contribution in [0.3, 0.4) is 0 Å². The van der Waals surface area contributed by atoms with Crippen molar-refractivity contribution in [1.29, 1.82) is 0 Å². The van der Waals surface area contributed by atoms with E-state index in [4.69, 9.17) is 5.11 Å². The predicted molar refractivity (Wildman–Crippen MR) is 67.0 cm³/mol. The van der Waals surface area contributed by atoms with E-state index in [-0.39, 0.29) is 0 Å². The normalized spacial score (nSPS) is 10.9. The molecule has 0 aliphatic carbocycles. The molecule has 1 N–H and O–H groups in total. The zero-order valence-corrected chi connectivity index (χ0v) is 11.1. The van der Waals surface area contributed by atoms with Crippen molar-refractivity contribution in [3.8, 4) is 0 Å². The van der Waals surface area contributed by atoms with E-state index in [1.54, 1.807) is 6.07 Å². The van der Waals surface area contributed by atoms with E-state index in [1.165, 1.54) is 4.52 Å². The summed E-state index contributed by atoms with van der Waals surface area (Å²) in [6, 6.07) is 1.61. The fourth-order valence-corrected chi connectivity index (χ4v) is 2.03. The van der Waals surface area contributed by atoms with Crippen molar-refractivity contribution < 1.29 is 9.90 Å². The number of aryl methyl sites for hydroxylation is 1. The minimum atomic E-state index is -1.10. The van der Waals surface area contributed by atoms with Gasteiger partial charge in [0.25, 0.3) is 5.56 Å². The molecule has 0 fully saturated rings. The van der Waals surface area contributed by atoms with E-state index in [0.29, 0.717) is 21.5 Å². The maximum Gasteiger partial charge on any atom is 0.325 e. The van der Waals surface area contributed by atoms with E-state index < -0.39 is 18.1 Å². The molecule has 0 saturated carbocycles. The first kappa shape index (κ1) is 12.0. The number of hydrogen-bond donors (Lipinski definition) is 1. The zero-order valence-electron chi connectivity index (χ0n) is 8.92. The molecule has 7 nitrogen and oxygen atoms in total. The third-order valence-corrected chi connectivity index (χ3v) is 2.74. The Balaban J connectivity index is 2.75. The molecule has 0 aliphatic rings. The molecule has 17 heavy (non-hydrogen) atoms. The first-order valence-corrected chi connectivity index (χ1v) is 5.98. The van der Waals surface area contributed by atoms with E-state index in [1.807, 2.05) is 29.5 Å². The fourth-order valence-electron chi connectivity index (χ4n) is 1.52. The van der Waals surface area contributed by atoms with Crippen LogP contribution in [-0.4, -0.2) is 30.5 Å². The van der Waals surface area contributed by atoms with Gasteiger partial charge in [0, 0.05) is 12.5 Å². The minimum absolute atomic E-state index is 0.350. The summed E-state index contributed by atoms with van der Waals surface area (Å²) in [5, 5.41) is 16.8. The quantitative estimate of drug-likeness (QED) is 0.798. The number of hydrogen-bond acceptors (Lipinski definition) is 4. The van der Waals surface area contributed by atoms with Crippen LogP contribution >= 0.6 is 22.6 Å². The zero-order chi connectivity index (χ0) is 12.6. The standard InChI is InChI=1S/C9H9IN4O3/c1-2-7-12-13(4-8(15)16)9(17)5-3-6(10)11-14(5)7/h3H,2,4H2,1H3,(H,15,16). The monoisotopic (exact) mass is 348 g/mol. The minimum Gasteiger partial charge on any atom is -0.480 e. The van der Waals surface area contributed by atoms with E-state index in [2.05, 4.69) is 10.2 Å². The number of carboxylic acids is 1. The van der Waals surface area contributed by atoms with Crippen molar-refractivity contribution in [2.75, 3.05) is 0 Å². The second-order valence-corrected chi connectivity index (χ2v) is 4.50. The molecule has 2 aromatic heterocycles. The van der Waals surface area contributed by atoms with Crippen LogP contribution in [-0.2, 0) is 17.8 Å². The predicted octanol–water partition coefficient (Wildman–Crippen LogP) is 0.143. The number of aromatic nitrogens is 4. The van der Waals surface area contributed by atoms with Crippen molar-refractivity contribution in [3.63, 3.8) is 0 Å². The largest absolute Gasteiger partial charge is 0.480 e. The summed E-state index contributed by atoms with van der Waals surface area (Å²) in [5.41, 5.74) is -0.0949. The van der Waals surface area contributed by atoms with Gasteiger partial charge in [-0.2, -0.15) is 10.2 Å². The first-order chi connectivity index (χ1) is 8.02. The van der Waals surface area contributed by atoms with Gasteiger partial charge < -0.3 is 5.11 Å². The van der Waals surface area contributed by atoms with Crippen molar-refractivity contribution in [3.05, 3.63) is 25.9 Å². The Morgan fingerprint density at radius 1 is 1.53 bits per heavy atom. The number of fused-ring (bicyclic) bond motifs is 1. The molecule has 0 atom stereocenters. The molecule has 2 heterocycles. The van der Waals surface area contributed by atoms with E-state index in [0.717, 1.165) is 4.68 Å². The van der Waals surface area contributed by atoms with E-state index >= 15 is 0 Å². The maximum atomic E-state index is 11.9. The van der Waals surface area contributed by atoms with Crippen LogP contribution < -0.4 is 5.56 Å². The van der Waals surface area contributed by atoms with Gasteiger partial charge in [-0.1, -0.05) is 6.92 Å². The fraction of sp³-hybridized carbons (Fsp3) is 0.333. The highest BCUT2D eigenvalue weighted by Crippen LogP contribution is 2.06. The highest BCUT2D eigenvalue weighted by molar-refractivity contribution is 14.1. The number of carboxylic acid groups (broad SMARTS) is 1. The lowest BCUT2D eigenvalue weighted by molar-refractivity contribution is -0.138. The lowest BCUT2D eigenvalue weighted by Gasteiger charge is -2.05. The third-order valence-electron chi connectivity index (χ3n) is 2.21. The second-order valence-electron chi connectivity index (χ2n) is 3.39. The SMILES string of the molecule is CCc1nn(CC(=O)O)c(=O)c2cc(I)nn12. The number of halogens is 1. The molecule has 90 valence electrons. The number of rotatable bonds is 3. The van der Waals surface area contributed by atoms with Gasteiger partial charge in [-0.25, -0.2) is 9.20 Å². The Morgan fingerprint density at radius 2 is 2.24 bits per heavy atom. The van der Waals surface area contributed by atoms with Crippen molar-refractivity contribution in [2.24, 2.45) is 0 Å². The molecular formula is C9H9IN4O3. The second kappa shape index (κ2) is 4.43. The van der Waals surface area contributed by atoms with Gasteiger partial charge in [0.1, 0.15) is 15.8 Å². The van der Waals surface area contributed by atoms with Crippen LogP contribution in [0.15, 0.2) is 10.9 Å². The van der Waals surface area contributed by atoms with E-state index in [9.17, 15) is 9.59 Å². The molecule has 0 aliphatic heterocycles. The Bertz CT molecular complexity index is 645. The average Bonchev–Trinajstić information content (AvgIpc) is 2.64. The van der Waals surface area contributed by atoms with Gasteiger partial charge in [-0.15, -0.1) is 0 Å². The average molecular weight is 348 g/mol. The molecule has 0 bridgehead atoms. The van der Waals surface area contributed by atoms with Crippen LogP contribution in [0.2, 0.25) is 0 Å². The Kier molecular flexibility index (Phi) is 3.13. The van der Waals surface area contributed by atoms with Gasteiger partial charge in [0.2, 0.25) is 0 Å².